The molecular formula is C13H18F2N2. The Labute approximate surface area is 100 Å². The molecule has 0 bridgehead atoms. The van der Waals surface area contributed by atoms with Crippen molar-refractivity contribution in [3.63, 3.8) is 0 Å². The zero-order valence-electron chi connectivity index (χ0n) is 9.76. The van der Waals surface area contributed by atoms with Gasteiger partial charge in [-0.25, -0.2) is 8.78 Å². The molecule has 1 fully saturated rings. The smallest absolute Gasteiger partial charge is 0.127 e. The molecule has 0 aromatic heterocycles. The van der Waals surface area contributed by atoms with Gasteiger partial charge >= 0.3 is 0 Å². The van der Waals surface area contributed by atoms with Crippen LogP contribution in [0, 0.1) is 11.6 Å². The maximum absolute atomic E-state index is 13.4. The van der Waals surface area contributed by atoms with E-state index < -0.39 is 5.82 Å². The number of rotatable bonds is 3. The molecule has 2 atom stereocenters. The molecule has 0 amide bonds. The van der Waals surface area contributed by atoms with Crippen molar-refractivity contribution in [2.24, 2.45) is 5.73 Å². The summed E-state index contributed by atoms with van der Waals surface area (Å²) >= 11 is 0. The van der Waals surface area contributed by atoms with Gasteiger partial charge in [-0.2, -0.15) is 0 Å². The van der Waals surface area contributed by atoms with Gasteiger partial charge in [0.05, 0.1) is 0 Å². The monoisotopic (exact) mass is 240 g/mol. The molecule has 0 spiro atoms. The Morgan fingerprint density at radius 3 is 2.76 bits per heavy atom. The van der Waals surface area contributed by atoms with Crippen LogP contribution < -0.4 is 11.1 Å². The second kappa shape index (κ2) is 5.56. The Bertz CT molecular complexity index is 382. The highest BCUT2D eigenvalue weighted by Gasteiger charge is 2.21. The molecule has 2 nitrogen and oxygen atoms in total. The molecule has 3 N–H and O–H groups in total. The molecule has 2 unspecified atom stereocenters. The fourth-order valence-electron chi connectivity index (χ4n) is 2.33. The van der Waals surface area contributed by atoms with E-state index in [-0.39, 0.29) is 17.9 Å². The normalized spacial score (nSPS) is 24.9. The molecule has 1 saturated carbocycles. The fraction of sp³-hybridized carbons (Fsp3) is 0.538. The van der Waals surface area contributed by atoms with E-state index in [0.717, 1.165) is 37.8 Å². The molecular weight excluding hydrogens is 222 g/mol. The Morgan fingerprint density at radius 2 is 2.00 bits per heavy atom. The second-order valence-corrected chi connectivity index (χ2v) is 4.67. The van der Waals surface area contributed by atoms with Crippen molar-refractivity contribution < 1.29 is 8.78 Å². The van der Waals surface area contributed by atoms with Crippen LogP contribution in [0.2, 0.25) is 0 Å². The van der Waals surface area contributed by atoms with Crippen LogP contribution in [-0.4, -0.2) is 12.1 Å². The van der Waals surface area contributed by atoms with Crippen molar-refractivity contribution in [2.75, 3.05) is 0 Å². The highest BCUT2D eigenvalue weighted by atomic mass is 19.1. The van der Waals surface area contributed by atoms with Crippen LogP contribution in [0.1, 0.15) is 31.2 Å². The minimum atomic E-state index is -0.406. The van der Waals surface area contributed by atoms with Crippen molar-refractivity contribution in [1.82, 2.24) is 5.32 Å². The summed E-state index contributed by atoms with van der Waals surface area (Å²) in [4.78, 5) is 0. The molecule has 1 aliphatic rings. The highest BCUT2D eigenvalue weighted by Crippen LogP contribution is 2.18. The van der Waals surface area contributed by atoms with E-state index in [9.17, 15) is 8.78 Å². The number of hydrogen-bond acceptors (Lipinski definition) is 2. The van der Waals surface area contributed by atoms with Crippen molar-refractivity contribution in [3.8, 4) is 0 Å². The SMILES string of the molecule is NC1CCCCC1NCc1cc(F)ccc1F. The van der Waals surface area contributed by atoms with Gasteiger partial charge in [0.1, 0.15) is 11.6 Å². The summed E-state index contributed by atoms with van der Waals surface area (Å²) in [5, 5.41) is 3.22. The number of halogens is 2. The maximum Gasteiger partial charge on any atom is 0.127 e. The fourth-order valence-corrected chi connectivity index (χ4v) is 2.33. The van der Waals surface area contributed by atoms with E-state index in [0.29, 0.717) is 12.1 Å². The van der Waals surface area contributed by atoms with Gasteiger partial charge in [-0.1, -0.05) is 12.8 Å². The number of benzene rings is 1. The first-order valence-corrected chi connectivity index (χ1v) is 6.09. The number of hydrogen-bond donors (Lipinski definition) is 2. The van der Waals surface area contributed by atoms with Crippen LogP contribution in [-0.2, 0) is 6.54 Å². The largest absolute Gasteiger partial charge is 0.326 e. The van der Waals surface area contributed by atoms with Crippen molar-refractivity contribution >= 4 is 0 Å². The zero-order valence-corrected chi connectivity index (χ0v) is 9.76. The molecule has 1 aliphatic carbocycles. The van der Waals surface area contributed by atoms with E-state index in [4.69, 9.17) is 5.73 Å². The lowest BCUT2D eigenvalue weighted by Gasteiger charge is -2.29. The lowest BCUT2D eigenvalue weighted by atomic mass is 9.91. The summed E-state index contributed by atoms with van der Waals surface area (Å²) in [6, 6.07) is 3.86. The van der Waals surface area contributed by atoms with E-state index >= 15 is 0 Å². The summed E-state index contributed by atoms with van der Waals surface area (Å²) < 4.78 is 26.4. The average molecular weight is 240 g/mol. The third kappa shape index (κ3) is 3.23. The molecule has 2 rings (SSSR count). The standard InChI is InChI=1S/C13H18F2N2/c14-10-5-6-11(15)9(7-10)8-17-13-4-2-1-3-12(13)16/h5-7,12-13,17H,1-4,8,16H2. The second-order valence-electron chi connectivity index (χ2n) is 4.67. The van der Waals surface area contributed by atoms with E-state index in [1.54, 1.807) is 0 Å². The average Bonchev–Trinajstić information content (AvgIpc) is 2.32. The summed E-state index contributed by atoms with van der Waals surface area (Å²) in [5.74, 6) is -0.778. The van der Waals surface area contributed by atoms with Crippen molar-refractivity contribution in [3.05, 3.63) is 35.4 Å². The maximum atomic E-state index is 13.4. The van der Waals surface area contributed by atoms with Gasteiger partial charge in [0.25, 0.3) is 0 Å². The molecule has 0 heterocycles. The van der Waals surface area contributed by atoms with Gasteiger partial charge in [-0.3, -0.25) is 0 Å². The van der Waals surface area contributed by atoms with E-state index in [1.807, 2.05) is 0 Å². The van der Waals surface area contributed by atoms with Crippen LogP contribution in [0.5, 0.6) is 0 Å². The van der Waals surface area contributed by atoms with E-state index in [1.165, 1.54) is 6.07 Å². The van der Waals surface area contributed by atoms with Gasteiger partial charge in [0.2, 0.25) is 0 Å². The van der Waals surface area contributed by atoms with E-state index in [2.05, 4.69) is 5.32 Å². The molecule has 0 aliphatic heterocycles. The van der Waals surface area contributed by atoms with Crippen molar-refractivity contribution in [1.29, 1.82) is 0 Å². The molecule has 0 saturated heterocycles. The first kappa shape index (κ1) is 12.5. The Morgan fingerprint density at radius 1 is 1.24 bits per heavy atom. The van der Waals surface area contributed by atoms with Crippen LogP contribution >= 0.6 is 0 Å². The lowest BCUT2D eigenvalue weighted by Crippen LogP contribution is -2.46. The Hall–Kier alpha value is -1.00. The minimum Gasteiger partial charge on any atom is -0.326 e. The van der Waals surface area contributed by atoms with Crippen LogP contribution in [0.4, 0.5) is 8.78 Å². The topological polar surface area (TPSA) is 38.0 Å². The summed E-state index contributed by atoms with van der Waals surface area (Å²) in [6.07, 6.45) is 4.33. The summed E-state index contributed by atoms with van der Waals surface area (Å²) in [7, 11) is 0. The third-order valence-corrected chi connectivity index (χ3v) is 3.38. The number of nitrogens with one attached hydrogen (secondary N) is 1. The molecule has 17 heavy (non-hydrogen) atoms. The number of nitrogens with two attached hydrogens (primary N) is 1. The van der Waals surface area contributed by atoms with Gasteiger partial charge in [0.15, 0.2) is 0 Å². The molecule has 94 valence electrons. The predicted molar refractivity (Wildman–Crippen MR) is 63.4 cm³/mol. The summed E-state index contributed by atoms with van der Waals surface area (Å²) in [5.41, 5.74) is 6.34. The summed E-state index contributed by atoms with van der Waals surface area (Å²) in [6.45, 7) is 0.335. The van der Waals surface area contributed by atoms with Crippen LogP contribution in [0.15, 0.2) is 18.2 Å². The van der Waals surface area contributed by atoms with Crippen LogP contribution in [0.3, 0.4) is 0 Å². The first-order chi connectivity index (χ1) is 8.16. The predicted octanol–water partition coefficient (Wildman–Crippen LogP) is 2.32. The quantitative estimate of drug-likeness (QED) is 0.851. The Balaban J connectivity index is 1.94. The molecule has 4 heteroatoms. The minimum absolute atomic E-state index is 0.125. The molecule has 1 aromatic carbocycles. The van der Waals surface area contributed by atoms with Crippen LogP contribution in [0.25, 0.3) is 0 Å². The molecule has 0 radical (unpaired) electrons. The van der Waals surface area contributed by atoms with Gasteiger partial charge < -0.3 is 11.1 Å². The molecule has 1 aromatic rings. The lowest BCUT2D eigenvalue weighted by molar-refractivity contribution is 0.325. The Kier molecular flexibility index (Phi) is 4.07. The highest BCUT2D eigenvalue weighted by molar-refractivity contribution is 5.18. The van der Waals surface area contributed by atoms with Gasteiger partial charge in [-0.15, -0.1) is 0 Å². The first-order valence-electron chi connectivity index (χ1n) is 6.09. The third-order valence-electron chi connectivity index (χ3n) is 3.38. The zero-order chi connectivity index (χ0) is 12.3. The van der Waals surface area contributed by atoms with Gasteiger partial charge in [0, 0.05) is 24.2 Å². The van der Waals surface area contributed by atoms with Gasteiger partial charge in [-0.05, 0) is 31.0 Å². The van der Waals surface area contributed by atoms with Crippen molar-refractivity contribution in [2.45, 2.75) is 44.3 Å².